The lowest BCUT2D eigenvalue weighted by molar-refractivity contribution is -1.02. The highest BCUT2D eigenvalue weighted by molar-refractivity contribution is 5.76. The second-order valence-corrected chi connectivity index (χ2v) is 7.18. The molecule has 0 bridgehead atoms. The van der Waals surface area contributed by atoms with Crippen molar-refractivity contribution in [2.75, 3.05) is 53.0 Å². The van der Waals surface area contributed by atoms with Gasteiger partial charge in [0.1, 0.15) is 32.2 Å². The standard InChI is InChI=1S/C22H29N3O2/c1-27-17-12-23-21(26)18-24-13-15-25(16-14-24)22(19-8-4-2-5-9-19)20-10-6-3-7-11-20/h2-11,22H,12-18H2,1H3,(H,23,26)/p+2. The van der Waals surface area contributed by atoms with Gasteiger partial charge in [0, 0.05) is 24.8 Å². The number of amides is 1. The van der Waals surface area contributed by atoms with E-state index in [0.717, 1.165) is 26.2 Å². The topological polar surface area (TPSA) is 47.2 Å². The van der Waals surface area contributed by atoms with Gasteiger partial charge in [-0.15, -0.1) is 0 Å². The maximum Gasteiger partial charge on any atom is 0.275 e. The molecule has 0 radical (unpaired) electrons. The maximum absolute atomic E-state index is 12.1. The van der Waals surface area contributed by atoms with Crippen molar-refractivity contribution in [1.29, 1.82) is 0 Å². The third-order valence-electron chi connectivity index (χ3n) is 5.31. The molecular weight excluding hydrogens is 338 g/mol. The third-order valence-corrected chi connectivity index (χ3v) is 5.31. The molecule has 0 spiro atoms. The van der Waals surface area contributed by atoms with Crippen LogP contribution in [-0.4, -0.2) is 58.9 Å². The molecule has 5 nitrogen and oxygen atoms in total. The summed E-state index contributed by atoms with van der Waals surface area (Å²) >= 11 is 0. The Morgan fingerprint density at radius 2 is 1.52 bits per heavy atom. The molecule has 0 aliphatic carbocycles. The van der Waals surface area contributed by atoms with Crippen LogP contribution in [0.3, 0.4) is 0 Å². The minimum absolute atomic E-state index is 0.119. The van der Waals surface area contributed by atoms with Gasteiger partial charge in [-0.1, -0.05) is 60.7 Å². The van der Waals surface area contributed by atoms with Crippen molar-refractivity contribution in [1.82, 2.24) is 5.32 Å². The van der Waals surface area contributed by atoms with Gasteiger partial charge in [-0.05, 0) is 0 Å². The number of methoxy groups -OCH3 is 1. The van der Waals surface area contributed by atoms with Crippen LogP contribution in [-0.2, 0) is 9.53 Å². The van der Waals surface area contributed by atoms with Crippen molar-refractivity contribution in [3.05, 3.63) is 71.8 Å². The summed E-state index contributed by atoms with van der Waals surface area (Å²) < 4.78 is 4.98. The number of piperazine rings is 1. The van der Waals surface area contributed by atoms with E-state index in [1.165, 1.54) is 16.0 Å². The number of carbonyl (C=O) groups is 1. The lowest BCUT2D eigenvalue weighted by Crippen LogP contribution is -3.28. The van der Waals surface area contributed by atoms with E-state index in [9.17, 15) is 4.79 Å². The zero-order valence-electron chi connectivity index (χ0n) is 16.1. The molecule has 5 heteroatoms. The molecule has 144 valence electrons. The molecule has 1 aliphatic rings. The number of carbonyl (C=O) groups excluding carboxylic acids is 1. The number of nitrogens with one attached hydrogen (secondary N) is 3. The van der Waals surface area contributed by atoms with Gasteiger partial charge < -0.3 is 19.9 Å². The summed E-state index contributed by atoms with van der Waals surface area (Å²) in [6.07, 6.45) is 0. The summed E-state index contributed by atoms with van der Waals surface area (Å²) in [5, 5.41) is 2.92. The molecule has 3 rings (SSSR count). The van der Waals surface area contributed by atoms with Crippen molar-refractivity contribution in [3.8, 4) is 0 Å². The highest BCUT2D eigenvalue weighted by atomic mass is 16.5. The number of hydrogen-bond acceptors (Lipinski definition) is 2. The number of quaternary nitrogens is 2. The minimum atomic E-state index is 0.119. The van der Waals surface area contributed by atoms with Gasteiger partial charge in [-0.25, -0.2) is 0 Å². The van der Waals surface area contributed by atoms with Crippen LogP contribution in [0.1, 0.15) is 17.2 Å². The van der Waals surface area contributed by atoms with Gasteiger partial charge in [0.2, 0.25) is 0 Å². The summed E-state index contributed by atoms with van der Waals surface area (Å²) in [6, 6.07) is 21.9. The Morgan fingerprint density at radius 3 is 2.04 bits per heavy atom. The van der Waals surface area contributed by atoms with E-state index in [1.54, 1.807) is 12.0 Å². The van der Waals surface area contributed by atoms with Crippen molar-refractivity contribution in [2.45, 2.75) is 6.04 Å². The lowest BCUT2D eigenvalue weighted by atomic mass is 9.96. The van der Waals surface area contributed by atoms with Crippen LogP contribution in [0.5, 0.6) is 0 Å². The first kappa shape index (κ1) is 19.5. The highest BCUT2D eigenvalue weighted by Gasteiger charge is 2.32. The minimum Gasteiger partial charge on any atom is -0.383 e. The molecule has 3 N–H and O–H groups in total. The first-order chi connectivity index (χ1) is 13.3. The smallest absolute Gasteiger partial charge is 0.275 e. The summed E-state index contributed by atoms with van der Waals surface area (Å²) in [4.78, 5) is 15.0. The molecule has 1 heterocycles. The zero-order chi connectivity index (χ0) is 18.9. The van der Waals surface area contributed by atoms with Crippen LogP contribution in [0.25, 0.3) is 0 Å². The van der Waals surface area contributed by atoms with Crippen molar-refractivity contribution >= 4 is 5.91 Å². The van der Waals surface area contributed by atoms with Crippen LogP contribution < -0.4 is 15.1 Å². The molecule has 0 saturated carbocycles. The van der Waals surface area contributed by atoms with Crippen LogP contribution in [0.4, 0.5) is 0 Å². The van der Waals surface area contributed by atoms with E-state index in [0.29, 0.717) is 25.7 Å². The quantitative estimate of drug-likeness (QED) is 0.540. The maximum atomic E-state index is 12.1. The summed E-state index contributed by atoms with van der Waals surface area (Å²) in [7, 11) is 1.65. The average molecular weight is 370 g/mol. The van der Waals surface area contributed by atoms with Gasteiger partial charge in [-0.2, -0.15) is 0 Å². The van der Waals surface area contributed by atoms with Gasteiger partial charge in [0.05, 0.1) is 6.61 Å². The van der Waals surface area contributed by atoms with E-state index in [-0.39, 0.29) is 5.91 Å². The lowest BCUT2D eigenvalue weighted by Gasteiger charge is -2.34. The molecule has 0 aromatic heterocycles. The molecule has 0 unspecified atom stereocenters. The van der Waals surface area contributed by atoms with E-state index < -0.39 is 0 Å². The third kappa shape index (κ3) is 5.63. The number of rotatable bonds is 8. The monoisotopic (exact) mass is 369 g/mol. The Kier molecular flexibility index (Phi) is 7.39. The van der Waals surface area contributed by atoms with Crippen LogP contribution in [0.2, 0.25) is 0 Å². The zero-order valence-corrected chi connectivity index (χ0v) is 16.1. The molecule has 1 saturated heterocycles. The molecular formula is C22H31N3O2+2. The van der Waals surface area contributed by atoms with E-state index in [1.807, 2.05) is 0 Å². The predicted octanol–water partition coefficient (Wildman–Crippen LogP) is -0.678. The predicted molar refractivity (Wildman–Crippen MR) is 106 cm³/mol. The first-order valence-corrected chi connectivity index (χ1v) is 9.81. The summed E-state index contributed by atoms with van der Waals surface area (Å²) in [5.41, 5.74) is 2.72. The second kappa shape index (κ2) is 10.2. The Bertz CT molecular complexity index is 646. The second-order valence-electron chi connectivity index (χ2n) is 7.18. The summed E-state index contributed by atoms with van der Waals surface area (Å²) in [5.74, 6) is 0.119. The molecule has 1 fully saturated rings. The number of ether oxygens (including phenoxy) is 1. The fraction of sp³-hybridized carbons (Fsp3) is 0.409. The highest BCUT2D eigenvalue weighted by Crippen LogP contribution is 2.18. The van der Waals surface area contributed by atoms with Gasteiger partial charge in [-0.3, -0.25) is 4.79 Å². The van der Waals surface area contributed by atoms with E-state index >= 15 is 0 Å². The Balaban J connectivity index is 1.61. The SMILES string of the molecule is COCCNC(=O)C[NH+]1CC[NH+](C(c2ccccc2)c2ccccc2)CC1. The molecule has 2 aromatic carbocycles. The normalized spacial score (nSPS) is 19.8. The average Bonchev–Trinajstić information content (AvgIpc) is 2.71. The largest absolute Gasteiger partial charge is 0.383 e. The molecule has 0 atom stereocenters. The van der Waals surface area contributed by atoms with Gasteiger partial charge >= 0.3 is 0 Å². The van der Waals surface area contributed by atoms with Crippen LogP contribution in [0, 0.1) is 0 Å². The van der Waals surface area contributed by atoms with Gasteiger partial charge in [0.15, 0.2) is 6.54 Å². The summed E-state index contributed by atoms with van der Waals surface area (Å²) in [6.45, 7) is 5.87. The van der Waals surface area contributed by atoms with Crippen molar-refractivity contribution < 1.29 is 19.3 Å². The fourth-order valence-corrected chi connectivity index (χ4v) is 3.93. The van der Waals surface area contributed by atoms with Crippen molar-refractivity contribution in [3.63, 3.8) is 0 Å². The van der Waals surface area contributed by atoms with Crippen LogP contribution in [0.15, 0.2) is 60.7 Å². The van der Waals surface area contributed by atoms with Gasteiger partial charge in [0.25, 0.3) is 5.91 Å². The fourth-order valence-electron chi connectivity index (χ4n) is 3.93. The Labute approximate surface area is 161 Å². The molecule has 1 aliphatic heterocycles. The molecule has 27 heavy (non-hydrogen) atoms. The van der Waals surface area contributed by atoms with Crippen LogP contribution >= 0.6 is 0 Å². The Hall–Kier alpha value is -2.21. The van der Waals surface area contributed by atoms with E-state index in [2.05, 4.69) is 66.0 Å². The Morgan fingerprint density at radius 1 is 0.963 bits per heavy atom. The first-order valence-electron chi connectivity index (χ1n) is 9.81. The van der Waals surface area contributed by atoms with Crippen molar-refractivity contribution in [2.24, 2.45) is 0 Å². The molecule has 1 amide bonds. The molecule has 2 aromatic rings. The number of hydrogen-bond donors (Lipinski definition) is 3. The number of benzene rings is 2. The van der Waals surface area contributed by atoms with E-state index in [4.69, 9.17) is 4.74 Å².